The molecule has 0 amide bonds. The summed E-state index contributed by atoms with van der Waals surface area (Å²) in [5.41, 5.74) is 5.42. The van der Waals surface area contributed by atoms with Gasteiger partial charge in [0, 0.05) is 5.92 Å². The Morgan fingerprint density at radius 1 is 1.08 bits per heavy atom. The minimum absolute atomic E-state index is 0.157. The highest BCUT2D eigenvalue weighted by Gasteiger charge is 2.42. The van der Waals surface area contributed by atoms with Gasteiger partial charge < -0.3 is 9.47 Å². The lowest BCUT2D eigenvalue weighted by atomic mass is 9.66. The number of fused-ring (bicyclic) bond motifs is 3. The van der Waals surface area contributed by atoms with E-state index >= 15 is 0 Å². The summed E-state index contributed by atoms with van der Waals surface area (Å²) in [6.45, 7) is 2.09. The molecule has 0 unspecified atom stereocenters. The molecule has 4 heteroatoms. The van der Waals surface area contributed by atoms with Gasteiger partial charge in [0.15, 0.2) is 0 Å². The Balaban J connectivity index is 2.07. The fourth-order valence-corrected chi connectivity index (χ4v) is 4.58. The molecule has 0 N–H and O–H groups in total. The van der Waals surface area contributed by atoms with Crippen LogP contribution in [0.15, 0.2) is 12.1 Å². The first-order valence-electron chi connectivity index (χ1n) is 8.85. The Kier molecular flexibility index (Phi) is 4.93. The molecular formula is C20H26O4. The minimum atomic E-state index is -0.289. The summed E-state index contributed by atoms with van der Waals surface area (Å²) in [5.74, 6) is -0.779. The van der Waals surface area contributed by atoms with Crippen LogP contribution < -0.4 is 0 Å². The quantitative estimate of drug-likeness (QED) is 0.799. The van der Waals surface area contributed by atoms with Crippen LogP contribution in [-0.4, -0.2) is 26.2 Å². The molecule has 1 aromatic rings. The Morgan fingerprint density at radius 2 is 1.83 bits per heavy atom. The van der Waals surface area contributed by atoms with Crippen LogP contribution >= 0.6 is 0 Å². The second-order valence-corrected chi connectivity index (χ2v) is 7.10. The van der Waals surface area contributed by atoms with E-state index in [1.807, 2.05) is 0 Å². The fourth-order valence-electron chi connectivity index (χ4n) is 4.58. The number of benzene rings is 1. The number of rotatable bonds is 3. The second-order valence-electron chi connectivity index (χ2n) is 7.10. The molecule has 2 aliphatic rings. The average Bonchev–Trinajstić information content (AvgIpc) is 2.60. The largest absolute Gasteiger partial charge is 0.469 e. The molecular weight excluding hydrogens is 304 g/mol. The summed E-state index contributed by atoms with van der Waals surface area (Å²) < 4.78 is 9.93. The summed E-state index contributed by atoms with van der Waals surface area (Å²) in [6.07, 6.45) is 5.83. The van der Waals surface area contributed by atoms with E-state index in [0.717, 1.165) is 24.8 Å². The summed E-state index contributed by atoms with van der Waals surface area (Å²) in [7, 11) is 2.82. The van der Waals surface area contributed by atoms with Crippen LogP contribution in [0.4, 0.5) is 0 Å². The molecule has 24 heavy (non-hydrogen) atoms. The SMILES string of the molecule is COC(=O)C[C@@H]1c2ccc3c(c2C[C@@H](C)[C@@H]1C(=O)OC)CCCC3. The number of methoxy groups -OCH3 is 2. The zero-order valence-corrected chi connectivity index (χ0v) is 14.8. The van der Waals surface area contributed by atoms with Gasteiger partial charge in [0.2, 0.25) is 0 Å². The lowest BCUT2D eigenvalue weighted by Crippen LogP contribution is -2.37. The maximum atomic E-state index is 12.4. The molecule has 0 bridgehead atoms. The predicted octanol–water partition coefficient (Wildman–Crippen LogP) is 3.19. The molecule has 0 spiro atoms. The maximum Gasteiger partial charge on any atom is 0.309 e. The molecule has 0 aliphatic heterocycles. The third-order valence-corrected chi connectivity index (χ3v) is 5.75. The standard InChI is InChI=1S/C20H26O4/c1-12-10-16-14-7-5-4-6-13(14)8-9-15(16)17(11-18(21)23-2)19(12)20(22)24-3/h8-9,12,17,19H,4-7,10-11H2,1-3H3/t12-,17-,19+/m1/s1. The van der Waals surface area contributed by atoms with Gasteiger partial charge in [-0.3, -0.25) is 9.59 Å². The van der Waals surface area contributed by atoms with E-state index in [1.165, 1.54) is 43.8 Å². The molecule has 130 valence electrons. The number of aryl methyl sites for hydroxylation is 1. The molecule has 0 aromatic heterocycles. The van der Waals surface area contributed by atoms with Crippen molar-refractivity contribution in [1.29, 1.82) is 0 Å². The van der Waals surface area contributed by atoms with Gasteiger partial charge in [-0.25, -0.2) is 0 Å². The van der Waals surface area contributed by atoms with Crippen molar-refractivity contribution in [2.45, 2.75) is 51.4 Å². The van der Waals surface area contributed by atoms with Gasteiger partial charge in [0.25, 0.3) is 0 Å². The Bertz CT molecular complexity index is 649. The van der Waals surface area contributed by atoms with Crippen molar-refractivity contribution in [2.24, 2.45) is 11.8 Å². The molecule has 3 rings (SSSR count). The smallest absolute Gasteiger partial charge is 0.309 e. The number of hydrogen-bond acceptors (Lipinski definition) is 4. The van der Waals surface area contributed by atoms with Crippen LogP contribution in [0.3, 0.4) is 0 Å². The Labute approximate surface area is 143 Å². The molecule has 1 aromatic carbocycles. The van der Waals surface area contributed by atoms with E-state index in [9.17, 15) is 9.59 Å². The van der Waals surface area contributed by atoms with Crippen LogP contribution in [0, 0.1) is 11.8 Å². The van der Waals surface area contributed by atoms with Crippen LogP contribution in [0.25, 0.3) is 0 Å². The first-order chi connectivity index (χ1) is 11.6. The minimum Gasteiger partial charge on any atom is -0.469 e. The van der Waals surface area contributed by atoms with Crippen LogP contribution in [-0.2, 0) is 38.3 Å². The molecule has 0 fully saturated rings. The molecule has 0 heterocycles. The van der Waals surface area contributed by atoms with Gasteiger partial charge >= 0.3 is 11.9 Å². The van der Waals surface area contributed by atoms with Crippen molar-refractivity contribution in [1.82, 2.24) is 0 Å². The first kappa shape index (κ1) is 17.0. The lowest BCUT2D eigenvalue weighted by molar-refractivity contribution is -0.150. The van der Waals surface area contributed by atoms with Gasteiger partial charge in [-0.15, -0.1) is 0 Å². The van der Waals surface area contributed by atoms with Crippen molar-refractivity contribution >= 4 is 11.9 Å². The van der Waals surface area contributed by atoms with E-state index in [-0.39, 0.29) is 36.1 Å². The molecule has 3 atom stereocenters. The van der Waals surface area contributed by atoms with Crippen LogP contribution in [0.1, 0.15) is 54.4 Å². The van der Waals surface area contributed by atoms with Crippen molar-refractivity contribution in [3.63, 3.8) is 0 Å². The topological polar surface area (TPSA) is 52.6 Å². The second kappa shape index (κ2) is 6.96. The maximum absolute atomic E-state index is 12.4. The first-order valence-corrected chi connectivity index (χ1v) is 8.85. The Morgan fingerprint density at radius 3 is 2.54 bits per heavy atom. The average molecular weight is 330 g/mol. The van der Waals surface area contributed by atoms with Crippen molar-refractivity contribution < 1.29 is 19.1 Å². The van der Waals surface area contributed by atoms with Gasteiger partial charge in [-0.2, -0.15) is 0 Å². The Hall–Kier alpha value is -1.84. The van der Waals surface area contributed by atoms with E-state index in [1.54, 1.807) is 0 Å². The summed E-state index contributed by atoms with van der Waals surface area (Å²) in [6, 6.07) is 4.33. The molecule has 0 saturated heterocycles. The van der Waals surface area contributed by atoms with E-state index in [2.05, 4.69) is 19.1 Å². The molecule has 4 nitrogen and oxygen atoms in total. The van der Waals surface area contributed by atoms with Crippen molar-refractivity contribution in [3.8, 4) is 0 Å². The molecule has 2 aliphatic carbocycles. The van der Waals surface area contributed by atoms with Gasteiger partial charge in [-0.1, -0.05) is 19.1 Å². The number of esters is 2. The van der Waals surface area contributed by atoms with Gasteiger partial charge in [0.1, 0.15) is 0 Å². The van der Waals surface area contributed by atoms with Crippen LogP contribution in [0.5, 0.6) is 0 Å². The summed E-state index contributed by atoms with van der Waals surface area (Å²) in [5, 5.41) is 0. The van der Waals surface area contributed by atoms with E-state index < -0.39 is 0 Å². The fraction of sp³-hybridized carbons (Fsp3) is 0.600. The summed E-state index contributed by atoms with van der Waals surface area (Å²) >= 11 is 0. The number of carbonyl (C=O) groups is 2. The summed E-state index contributed by atoms with van der Waals surface area (Å²) in [4.78, 5) is 24.3. The normalized spacial score (nSPS) is 25.4. The molecule has 0 radical (unpaired) electrons. The highest BCUT2D eigenvalue weighted by Crippen LogP contribution is 2.45. The highest BCUT2D eigenvalue weighted by atomic mass is 16.5. The predicted molar refractivity (Wildman–Crippen MR) is 90.8 cm³/mol. The number of ether oxygens (including phenoxy) is 2. The molecule has 0 saturated carbocycles. The lowest BCUT2D eigenvalue weighted by Gasteiger charge is -2.38. The zero-order chi connectivity index (χ0) is 17.3. The van der Waals surface area contributed by atoms with E-state index in [4.69, 9.17) is 9.47 Å². The van der Waals surface area contributed by atoms with Crippen molar-refractivity contribution in [3.05, 3.63) is 34.4 Å². The monoisotopic (exact) mass is 330 g/mol. The third-order valence-electron chi connectivity index (χ3n) is 5.75. The van der Waals surface area contributed by atoms with Gasteiger partial charge in [0.05, 0.1) is 26.6 Å². The van der Waals surface area contributed by atoms with Crippen molar-refractivity contribution in [2.75, 3.05) is 14.2 Å². The zero-order valence-electron chi connectivity index (χ0n) is 14.8. The highest BCUT2D eigenvalue weighted by molar-refractivity contribution is 5.78. The number of hydrogen-bond donors (Lipinski definition) is 0. The van der Waals surface area contributed by atoms with Gasteiger partial charge in [-0.05, 0) is 60.3 Å². The van der Waals surface area contributed by atoms with E-state index in [0.29, 0.717) is 0 Å². The van der Waals surface area contributed by atoms with Crippen LogP contribution in [0.2, 0.25) is 0 Å². The number of carbonyl (C=O) groups excluding carboxylic acids is 2. The third kappa shape index (κ3) is 2.94.